The Labute approximate surface area is 87.5 Å². The average Bonchev–Trinajstić information content (AvgIpc) is 2.31. The molecule has 0 aromatic heterocycles. The van der Waals surface area contributed by atoms with E-state index in [1.54, 1.807) is 0 Å². The lowest BCUT2D eigenvalue weighted by Gasteiger charge is -2.15. The van der Waals surface area contributed by atoms with Crippen LogP contribution in [0.1, 0.15) is 20.3 Å². The molecule has 1 atom stereocenters. The SMILES string of the molecule is CC1(C)OC[C@H](/C=C\CCI)O1. The molecule has 0 saturated carbocycles. The van der Waals surface area contributed by atoms with Gasteiger partial charge in [0.25, 0.3) is 0 Å². The summed E-state index contributed by atoms with van der Waals surface area (Å²) in [6.07, 6.45) is 5.51. The van der Waals surface area contributed by atoms with Crippen molar-refractivity contribution in [2.75, 3.05) is 11.0 Å². The van der Waals surface area contributed by atoms with Crippen molar-refractivity contribution in [3.63, 3.8) is 0 Å². The highest BCUT2D eigenvalue weighted by atomic mass is 127. The van der Waals surface area contributed by atoms with Gasteiger partial charge in [0.2, 0.25) is 0 Å². The Hall–Kier alpha value is 0.390. The molecule has 0 N–H and O–H groups in total. The van der Waals surface area contributed by atoms with E-state index in [2.05, 4.69) is 34.7 Å². The van der Waals surface area contributed by atoms with E-state index in [1.807, 2.05) is 13.8 Å². The number of hydrogen-bond donors (Lipinski definition) is 0. The van der Waals surface area contributed by atoms with Crippen LogP contribution in [-0.2, 0) is 9.47 Å². The Morgan fingerprint density at radius 1 is 1.58 bits per heavy atom. The molecule has 0 amide bonds. The molecular weight excluding hydrogens is 267 g/mol. The van der Waals surface area contributed by atoms with Crippen LogP contribution in [0.15, 0.2) is 12.2 Å². The van der Waals surface area contributed by atoms with Gasteiger partial charge in [0.15, 0.2) is 5.79 Å². The third-order valence-electron chi connectivity index (χ3n) is 1.66. The zero-order chi connectivity index (χ0) is 9.03. The topological polar surface area (TPSA) is 18.5 Å². The molecule has 12 heavy (non-hydrogen) atoms. The lowest BCUT2D eigenvalue weighted by molar-refractivity contribution is -0.133. The van der Waals surface area contributed by atoms with Crippen LogP contribution in [0.3, 0.4) is 0 Å². The number of rotatable bonds is 3. The number of halogens is 1. The molecule has 1 saturated heterocycles. The highest BCUT2D eigenvalue weighted by Gasteiger charge is 2.30. The van der Waals surface area contributed by atoms with E-state index in [-0.39, 0.29) is 11.9 Å². The molecule has 1 aliphatic heterocycles. The normalized spacial score (nSPS) is 28.4. The maximum Gasteiger partial charge on any atom is 0.163 e. The molecule has 0 radical (unpaired) electrons. The van der Waals surface area contributed by atoms with Gasteiger partial charge in [-0.1, -0.05) is 34.7 Å². The molecule has 0 aromatic carbocycles. The van der Waals surface area contributed by atoms with Crippen molar-refractivity contribution in [2.45, 2.75) is 32.2 Å². The molecule has 0 unspecified atom stereocenters. The van der Waals surface area contributed by atoms with Crippen LogP contribution in [0, 0.1) is 0 Å². The summed E-state index contributed by atoms with van der Waals surface area (Å²) >= 11 is 2.36. The Balaban J connectivity index is 2.28. The molecule has 1 fully saturated rings. The van der Waals surface area contributed by atoms with Gasteiger partial charge in [-0.3, -0.25) is 0 Å². The highest BCUT2D eigenvalue weighted by Crippen LogP contribution is 2.22. The molecule has 3 heteroatoms. The fraction of sp³-hybridized carbons (Fsp3) is 0.778. The number of ether oxygens (including phenoxy) is 2. The van der Waals surface area contributed by atoms with Crippen LogP contribution in [0.4, 0.5) is 0 Å². The molecule has 0 spiro atoms. The fourth-order valence-electron chi connectivity index (χ4n) is 1.12. The Morgan fingerprint density at radius 2 is 2.33 bits per heavy atom. The molecule has 70 valence electrons. The zero-order valence-corrected chi connectivity index (χ0v) is 9.71. The summed E-state index contributed by atoms with van der Waals surface area (Å²) in [5.74, 6) is -0.390. The largest absolute Gasteiger partial charge is 0.347 e. The molecule has 1 aliphatic rings. The van der Waals surface area contributed by atoms with Crippen LogP contribution < -0.4 is 0 Å². The van der Waals surface area contributed by atoms with E-state index in [4.69, 9.17) is 9.47 Å². The van der Waals surface area contributed by atoms with Crippen molar-refractivity contribution < 1.29 is 9.47 Å². The van der Waals surface area contributed by atoms with Gasteiger partial charge >= 0.3 is 0 Å². The minimum Gasteiger partial charge on any atom is -0.347 e. The van der Waals surface area contributed by atoms with Gasteiger partial charge in [-0.05, 0) is 20.3 Å². The van der Waals surface area contributed by atoms with Crippen LogP contribution in [0.5, 0.6) is 0 Å². The lowest BCUT2D eigenvalue weighted by Crippen LogP contribution is -2.20. The minimum atomic E-state index is -0.390. The van der Waals surface area contributed by atoms with Crippen molar-refractivity contribution in [2.24, 2.45) is 0 Å². The quantitative estimate of drug-likeness (QED) is 0.450. The van der Waals surface area contributed by atoms with Crippen LogP contribution >= 0.6 is 22.6 Å². The Kier molecular flexibility index (Phi) is 3.99. The Bertz CT molecular complexity index is 166. The number of alkyl halides is 1. The van der Waals surface area contributed by atoms with E-state index in [1.165, 1.54) is 0 Å². The average molecular weight is 282 g/mol. The highest BCUT2D eigenvalue weighted by molar-refractivity contribution is 14.1. The summed E-state index contributed by atoms with van der Waals surface area (Å²) in [6.45, 7) is 4.57. The zero-order valence-electron chi connectivity index (χ0n) is 7.55. The minimum absolute atomic E-state index is 0.156. The molecule has 1 rings (SSSR count). The number of hydrogen-bond acceptors (Lipinski definition) is 2. The molecule has 1 heterocycles. The molecular formula is C9H15IO2. The van der Waals surface area contributed by atoms with Gasteiger partial charge < -0.3 is 9.47 Å². The molecule has 0 aromatic rings. The van der Waals surface area contributed by atoms with E-state index in [0.29, 0.717) is 6.61 Å². The van der Waals surface area contributed by atoms with Gasteiger partial charge in [0, 0.05) is 4.43 Å². The van der Waals surface area contributed by atoms with Gasteiger partial charge in [-0.15, -0.1) is 0 Å². The summed E-state index contributed by atoms with van der Waals surface area (Å²) in [6, 6.07) is 0. The third kappa shape index (κ3) is 3.41. The summed E-state index contributed by atoms with van der Waals surface area (Å²) in [7, 11) is 0. The van der Waals surface area contributed by atoms with Crippen molar-refractivity contribution in [1.29, 1.82) is 0 Å². The summed E-state index contributed by atoms with van der Waals surface area (Å²) in [5.41, 5.74) is 0. The van der Waals surface area contributed by atoms with Crippen molar-refractivity contribution in [3.8, 4) is 0 Å². The predicted molar refractivity (Wildman–Crippen MR) is 57.5 cm³/mol. The van der Waals surface area contributed by atoms with Gasteiger partial charge in [-0.2, -0.15) is 0 Å². The van der Waals surface area contributed by atoms with E-state index in [0.717, 1.165) is 10.8 Å². The lowest BCUT2D eigenvalue weighted by atomic mass is 10.3. The predicted octanol–water partition coefficient (Wildman–Crippen LogP) is 2.52. The first kappa shape index (κ1) is 10.5. The van der Waals surface area contributed by atoms with E-state index in [9.17, 15) is 0 Å². The second kappa shape index (κ2) is 4.58. The third-order valence-corrected chi connectivity index (χ3v) is 2.28. The maximum absolute atomic E-state index is 5.58. The van der Waals surface area contributed by atoms with Gasteiger partial charge in [-0.25, -0.2) is 0 Å². The monoisotopic (exact) mass is 282 g/mol. The first-order chi connectivity index (χ1) is 5.64. The van der Waals surface area contributed by atoms with Crippen molar-refractivity contribution in [1.82, 2.24) is 0 Å². The Morgan fingerprint density at radius 3 is 2.83 bits per heavy atom. The second-order valence-electron chi connectivity index (χ2n) is 3.27. The van der Waals surface area contributed by atoms with Crippen LogP contribution in [0.2, 0.25) is 0 Å². The van der Waals surface area contributed by atoms with Crippen molar-refractivity contribution in [3.05, 3.63) is 12.2 Å². The molecule has 0 aliphatic carbocycles. The second-order valence-corrected chi connectivity index (χ2v) is 4.35. The summed E-state index contributed by atoms with van der Waals surface area (Å²) < 4.78 is 12.2. The molecule has 2 nitrogen and oxygen atoms in total. The first-order valence-corrected chi connectivity index (χ1v) is 5.71. The standard InChI is InChI=1S/C9H15IO2/c1-9(2)11-7-8(12-9)5-3-4-6-10/h3,5,8H,4,6-7H2,1-2H3/b5-3-/t8-/m0/s1. The van der Waals surface area contributed by atoms with Crippen LogP contribution in [-0.4, -0.2) is 22.9 Å². The molecule has 0 bridgehead atoms. The summed E-state index contributed by atoms with van der Waals surface area (Å²) in [4.78, 5) is 0. The van der Waals surface area contributed by atoms with Crippen molar-refractivity contribution >= 4 is 22.6 Å². The van der Waals surface area contributed by atoms with Crippen LogP contribution in [0.25, 0.3) is 0 Å². The number of allylic oxidation sites excluding steroid dienone is 1. The van der Waals surface area contributed by atoms with E-state index < -0.39 is 0 Å². The summed E-state index contributed by atoms with van der Waals surface area (Å²) in [5, 5.41) is 0. The smallest absolute Gasteiger partial charge is 0.163 e. The van der Waals surface area contributed by atoms with Gasteiger partial charge in [0.05, 0.1) is 6.61 Å². The fourth-order valence-corrected chi connectivity index (χ4v) is 1.48. The van der Waals surface area contributed by atoms with Gasteiger partial charge in [0.1, 0.15) is 6.10 Å². The first-order valence-electron chi connectivity index (χ1n) is 4.18. The maximum atomic E-state index is 5.58. The van der Waals surface area contributed by atoms with E-state index >= 15 is 0 Å².